The summed E-state index contributed by atoms with van der Waals surface area (Å²) in [7, 11) is 0. The maximum atomic E-state index is 11.9. The van der Waals surface area contributed by atoms with Crippen LogP contribution in [0, 0.1) is 6.92 Å². The highest BCUT2D eigenvalue weighted by atomic mass is 35.5. The zero-order valence-corrected chi connectivity index (χ0v) is 13.3. The van der Waals surface area contributed by atoms with E-state index in [-0.39, 0.29) is 6.61 Å². The monoisotopic (exact) mass is 326 g/mol. The molecule has 0 saturated heterocycles. The molecule has 0 atom stereocenters. The Morgan fingerprint density at radius 1 is 1.00 bits per heavy atom. The third kappa shape index (κ3) is 3.82. The van der Waals surface area contributed by atoms with Crippen LogP contribution < -0.4 is 9.47 Å². The average Bonchev–Trinajstić information content (AvgIpc) is 2.56. The fourth-order valence-corrected chi connectivity index (χ4v) is 2.40. The smallest absolute Gasteiger partial charge is 0.349 e. The van der Waals surface area contributed by atoms with Gasteiger partial charge in [0.25, 0.3) is 0 Å². The van der Waals surface area contributed by atoms with Crippen molar-refractivity contribution in [2.75, 3.05) is 6.61 Å². The van der Waals surface area contributed by atoms with Crippen LogP contribution in [0.2, 0.25) is 5.02 Å². The van der Waals surface area contributed by atoms with Gasteiger partial charge in [-0.3, -0.25) is 0 Å². The first-order chi connectivity index (χ1) is 11.1. The Hall–Kier alpha value is -2.52. The third-order valence-electron chi connectivity index (χ3n) is 3.39. The first-order valence-corrected chi connectivity index (χ1v) is 7.58. The molecule has 3 rings (SSSR count). The molecule has 3 aromatic rings. The minimum Gasteiger partial charge on any atom is -0.482 e. The molecule has 0 N–H and O–H groups in total. The van der Waals surface area contributed by atoms with Crippen molar-refractivity contribution in [2.45, 2.75) is 6.92 Å². The van der Waals surface area contributed by atoms with E-state index in [1.54, 1.807) is 12.1 Å². The van der Waals surface area contributed by atoms with Gasteiger partial charge >= 0.3 is 5.97 Å². The second-order valence-electron chi connectivity index (χ2n) is 5.21. The fourth-order valence-electron chi connectivity index (χ4n) is 2.24. The number of hydrogen-bond donors (Lipinski definition) is 0. The van der Waals surface area contributed by atoms with Gasteiger partial charge < -0.3 is 9.47 Å². The van der Waals surface area contributed by atoms with E-state index >= 15 is 0 Å². The molecular weight excluding hydrogens is 312 g/mol. The first kappa shape index (κ1) is 15.4. The number of carbonyl (C=O) groups excluding carboxylic acids is 1. The van der Waals surface area contributed by atoms with E-state index in [0.717, 1.165) is 16.3 Å². The van der Waals surface area contributed by atoms with Gasteiger partial charge in [-0.1, -0.05) is 48.0 Å². The topological polar surface area (TPSA) is 35.5 Å². The Bertz CT molecular complexity index is 858. The molecule has 0 aliphatic rings. The number of rotatable bonds is 4. The maximum Gasteiger partial charge on any atom is 0.349 e. The van der Waals surface area contributed by atoms with Gasteiger partial charge in [-0.25, -0.2) is 4.79 Å². The number of ether oxygens (including phenoxy) is 2. The van der Waals surface area contributed by atoms with Crippen molar-refractivity contribution in [3.63, 3.8) is 0 Å². The molecule has 0 unspecified atom stereocenters. The molecule has 0 radical (unpaired) electrons. The Labute approximate surface area is 139 Å². The van der Waals surface area contributed by atoms with Gasteiger partial charge in [-0.2, -0.15) is 0 Å². The van der Waals surface area contributed by atoms with E-state index in [0.29, 0.717) is 16.5 Å². The standard InChI is InChI=1S/C19H15ClO3/c1-13-6-9-17(20)18(10-13)23-19(21)12-22-16-8-7-14-4-2-3-5-15(14)11-16/h2-11H,12H2,1H3. The molecule has 0 aliphatic carbocycles. The molecule has 3 aromatic carbocycles. The molecule has 0 aliphatic heterocycles. The van der Waals surface area contributed by atoms with Gasteiger partial charge in [0, 0.05) is 0 Å². The van der Waals surface area contributed by atoms with Crippen LogP contribution in [-0.2, 0) is 4.79 Å². The van der Waals surface area contributed by atoms with E-state index in [1.165, 1.54) is 0 Å². The van der Waals surface area contributed by atoms with Gasteiger partial charge in [-0.15, -0.1) is 0 Å². The van der Waals surface area contributed by atoms with E-state index in [2.05, 4.69) is 0 Å². The Morgan fingerprint density at radius 2 is 1.78 bits per heavy atom. The lowest BCUT2D eigenvalue weighted by molar-refractivity contribution is -0.136. The highest BCUT2D eigenvalue weighted by molar-refractivity contribution is 6.32. The normalized spacial score (nSPS) is 10.5. The van der Waals surface area contributed by atoms with Crippen molar-refractivity contribution in [3.05, 3.63) is 71.2 Å². The van der Waals surface area contributed by atoms with E-state index in [4.69, 9.17) is 21.1 Å². The molecular formula is C19H15ClO3. The first-order valence-electron chi connectivity index (χ1n) is 7.20. The van der Waals surface area contributed by atoms with E-state index in [1.807, 2.05) is 55.5 Å². The second-order valence-corrected chi connectivity index (χ2v) is 5.61. The van der Waals surface area contributed by atoms with Gasteiger partial charge in [0.15, 0.2) is 6.61 Å². The molecule has 0 aromatic heterocycles. The summed E-state index contributed by atoms with van der Waals surface area (Å²) in [5.74, 6) is 0.473. The Balaban J connectivity index is 1.64. The van der Waals surface area contributed by atoms with Gasteiger partial charge in [-0.05, 0) is 47.5 Å². The minimum atomic E-state index is -0.495. The molecule has 0 bridgehead atoms. The van der Waals surface area contributed by atoms with E-state index in [9.17, 15) is 4.79 Å². The summed E-state index contributed by atoms with van der Waals surface area (Å²) in [6.45, 7) is 1.72. The number of halogens is 1. The van der Waals surface area contributed by atoms with Gasteiger partial charge in [0.05, 0.1) is 5.02 Å². The van der Waals surface area contributed by atoms with Crippen molar-refractivity contribution < 1.29 is 14.3 Å². The van der Waals surface area contributed by atoms with Gasteiger partial charge in [0.1, 0.15) is 11.5 Å². The molecule has 116 valence electrons. The van der Waals surface area contributed by atoms with Crippen LogP contribution in [0.5, 0.6) is 11.5 Å². The van der Waals surface area contributed by atoms with Crippen molar-refractivity contribution >= 4 is 28.3 Å². The van der Waals surface area contributed by atoms with Crippen LogP contribution in [0.4, 0.5) is 0 Å². The quantitative estimate of drug-likeness (QED) is 0.511. The molecule has 23 heavy (non-hydrogen) atoms. The fraction of sp³-hybridized carbons (Fsp3) is 0.105. The molecule has 0 saturated carbocycles. The summed E-state index contributed by atoms with van der Waals surface area (Å²) in [5, 5.41) is 2.57. The van der Waals surface area contributed by atoms with Crippen LogP contribution >= 0.6 is 11.6 Å². The second kappa shape index (κ2) is 6.71. The predicted octanol–water partition coefficient (Wildman–Crippen LogP) is 4.79. The summed E-state index contributed by atoms with van der Waals surface area (Å²) in [5.41, 5.74) is 0.965. The Kier molecular flexibility index (Phi) is 4.49. The van der Waals surface area contributed by atoms with Crippen LogP contribution in [0.3, 0.4) is 0 Å². The zero-order valence-electron chi connectivity index (χ0n) is 12.6. The molecule has 0 amide bonds. The number of aryl methyl sites for hydroxylation is 1. The van der Waals surface area contributed by atoms with Crippen molar-refractivity contribution in [2.24, 2.45) is 0 Å². The lowest BCUT2D eigenvalue weighted by Crippen LogP contribution is -2.17. The zero-order chi connectivity index (χ0) is 16.2. The average molecular weight is 327 g/mol. The number of fused-ring (bicyclic) bond motifs is 1. The molecule has 0 spiro atoms. The van der Waals surface area contributed by atoms with Gasteiger partial charge in [0.2, 0.25) is 0 Å². The molecule has 4 heteroatoms. The predicted molar refractivity (Wildman–Crippen MR) is 91.3 cm³/mol. The van der Waals surface area contributed by atoms with Crippen molar-refractivity contribution in [3.8, 4) is 11.5 Å². The molecule has 0 heterocycles. The summed E-state index contributed by atoms with van der Waals surface area (Å²) in [4.78, 5) is 11.9. The van der Waals surface area contributed by atoms with Crippen molar-refractivity contribution in [1.82, 2.24) is 0 Å². The summed E-state index contributed by atoms with van der Waals surface area (Å²) in [6, 6.07) is 18.9. The van der Waals surface area contributed by atoms with Crippen LogP contribution in [0.1, 0.15) is 5.56 Å². The molecule has 0 fully saturated rings. The van der Waals surface area contributed by atoms with E-state index < -0.39 is 5.97 Å². The minimum absolute atomic E-state index is 0.178. The number of hydrogen-bond acceptors (Lipinski definition) is 3. The SMILES string of the molecule is Cc1ccc(Cl)c(OC(=O)COc2ccc3ccccc3c2)c1. The lowest BCUT2D eigenvalue weighted by atomic mass is 10.1. The third-order valence-corrected chi connectivity index (χ3v) is 3.70. The van der Waals surface area contributed by atoms with Crippen LogP contribution in [0.15, 0.2) is 60.7 Å². The summed E-state index contributed by atoms with van der Waals surface area (Å²) in [6.07, 6.45) is 0. The number of benzene rings is 3. The van der Waals surface area contributed by atoms with Crippen LogP contribution in [-0.4, -0.2) is 12.6 Å². The number of esters is 1. The lowest BCUT2D eigenvalue weighted by Gasteiger charge is -2.09. The Morgan fingerprint density at radius 3 is 2.61 bits per heavy atom. The summed E-state index contributed by atoms with van der Waals surface area (Å²) < 4.78 is 10.7. The molecule has 3 nitrogen and oxygen atoms in total. The maximum absolute atomic E-state index is 11.9. The largest absolute Gasteiger partial charge is 0.482 e. The van der Waals surface area contributed by atoms with Crippen molar-refractivity contribution in [1.29, 1.82) is 0 Å². The highest BCUT2D eigenvalue weighted by Crippen LogP contribution is 2.25. The number of carbonyl (C=O) groups is 1. The summed E-state index contributed by atoms with van der Waals surface area (Å²) >= 11 is 6.00. The highest BCUT2D eigenvalue weighted by Gasteiger charge is 2.10. The van der Waals surface area contributed by atoms with Crippen LogP contribution in [0.25, 0.3) is 10.8 Å².